The van der Waals surface area contributed by atoms with Crippen LogP contribution in [0.1, 0.15) is 0 Å². The molecule has 0 spiro atoms. The molecular formula is C4H6N2O7S2. The molecule has 0 aliphatic heterocycles. The van der Waals surface area contributed by atoms with Crippen LogP contribution in [0, 0.1) is 0 Å². The predicted octanol–water partition coefficient (Wildman–Crippen LogP) is -1.27. The lowest BCUT2D eigenvalue weighted by Crippen LogP contribution is -1.92. The Balaban J connectivity index is 0.000000336. The molecule has 1 aromatic heterocycles. The highest BCUT2D eigenvalue weighted by Crippen LogP contribution is 1.99. The Hall–Kier alpha value is -1.30. The monoisotopic (exact) mass is 258 g/mol. The summed E-state index contributed by atoms with van der Waals surface area (Å²) in [6.45, 7) is 0. The van der Waals surface area contributed by atoms with Crippen LogP contribution in [0.2, 0.25) is 0 Å². The van der Waals surface area contributed by atoms with E-state index in [9.17, 15) is 8.42 Å². The van der Waals surface area contributed by atoms with Crippen molar-refractivity contribution in [2.45, 2.75) is 0 Å². The summed E-state index contributed by atoms with van der Waals surface area (Å²) in [5, 5.41) is 0. The SMILES string of the molecule is O=S(=O)(O)O.O=[SH](=O)Oc1cnccn1. The third-order valence-corrected chi connectivity index (χ3v) is 1.04. The van der Waals surface area contributed by atoms with Crippen molar-refractivity contribution in [1.82, 2.24) is 9.97 Å². The number of hydrogen-bond donors (Lipinski definition) is 3. The van der Waals surface area contributed by atoms with Crippen LogP contribution in [0.15, 0.2) is 18.6 Å². The molecule has 0 aromatic carbocycles. The molecule has 1 aromatic rings. The van der Waals surface area contributed by atoms with Crippen LogP contribution in [0.4, 0.5) is 0 Å². The fourth-order valence-corrected chi connectivity index (χ4v) is 0.656. The number of nitrogens with zero attached hydrogens (tertiary/aromatic N) is 2. The molecule has 86 valence electrons. The molecular weight excluding hydrogens is 252 g/mol. The van der Waals surface area contributed by atoms with Gasteiger partial charge in [-0.2, -0.15) is 16.8 Å². The van der Waals surface area contributed by atoms with Crippen LogP contribution in [-0.2, 0) is 21.4 Å². The van der Waals surface area contributed by atoms with E-state index in [1.807, 2.05) is 0 Å². The number of rotatable bonds is 2. The lowest BCUT2D eigenvalue weighted by atomic mass is 10.7. The summed E-state index contributed by atoms with van der Waals surface area (Å²) in [5.41, 5.74) is 0. The van der Waals surface area contributed by atoms with E-state index in [-0.39, 0.29) is 5.88 Å². The molecule has 0 atom stereocenters. The van der Waals surface area contributed by atoms with E-state index in [0.29, 0.717) is 0 Å². The quantitative estimate of drug-likeness (QED) is 0.436. The Bertz CT molecular complexity index is 437. The second-order valence-electron chi connectivity index (χ2n) is 1.81. The first-order chi connectivity index (χ1) is 6.79. The molecule has 2 N–H and O–H groups in total. The van der Waals surface area contributed by atoms with Crippen molar-refractivity contribution in [1.29, 1.82) is 0 Å². The summed E-state index contributed by atoms with van der Waals surface area (Å²) in [5.74, 6) is -0.0152. The maximum Gasteiger partial charge on any atom is 0.394 e. The van der Waals surface area contributed by atoms with Gasteiger partial charge in [-0.3, -0.25) is 14.1 Å². The van der Waals surface area contributed by atoms with Gasteiger partial charge in [0.25, 0.3) is 5.88 Å². The molecule has 11 heteroatoms. The fourth-order valence-electron chi connectivity index (χ4n) is 0.409. The van der Waals surface area contributed by atoms with Gasteiger partial charge in [0.15, 0.2) is 0 Å². The normalized spacial score (nSPS) is 10.3. The minimum atomic E-state index is -4.67. The molecule has 15 heavy (non-hydrogen) atoms. The first-order valence-corrected chi connectivity index (χ1v) is 5.56. The van der Waals surface area contributed by atoms with E-state index in [4.69, 9.17) is 17.5 Å². The number of aromatic nitrogens is 2. The summed E-state index contributed by atoms with van der Waals surface area (Å²) >= 11 is 0. The van der Waals surface area contributed by atoms with E-state index >= 15 is 0 Å². The van der Waals surface area contributed by atoms with Crippen molar-refractivity contribution >= 4 is 21.4 Å². The van der Waals surface area contributed by atoms with Gasteiger partial charge < -0.3 is 4.18 Å². The minimum Gasteiger partial charge on any atom is -0.362 e. The molecule has 1 rings (SSSR count). The zero-order valence-electron chi connectivity index (χ0n) is 6.92. The van der Waals surface area contributed by atoms with Crippen molar-refractivity contribution in [2.24, 2.45) is 0 Å². The van der Waals surface area contributed by atoms with Crippen molar-refractivity contribution in [3.63, 3.8) is 0 Å². The van der Waals surface area contributed by atoms with E-state index < -0.39 is 21.4 Å². The predicted molar refractivity (Wildman–Crippen MR) is 47.2 cm³/mol. The van der Waals surface area contributed by atoms with Gasteiger partial charge in [0.2, 0.25) is 0 Å². The Kier molecular flexibility index (Phi) is 5.69. The second-order valence-corrected chi connectivity index (χ2v) is 3.33. The summed E-state index contributed by atoms with van der Waals surface area (Å²) in [7, 11) is -7.55. The van der Waals surface area contributed by atoms with Gasteiger partial charge in [0.05, 0.1) is 6.20 Å². The standard InChI is InChI=1S/C4H4N2O3S.H2O4S/c7-10(8)9-4-3-5-1-2-6-4;1-5(2,3)4/h1-3,10H;(H2,1,2,3,4). The Labute approximate surface area is 86.5 Å². The molecule has 0 unspecified atom stereocenters. The Morgan fingerprint density at radius 3 is 2.13 bits per heavy atom. The number of thiol groups is 1. The van der Waals surface area contributed by atoms with E-state index in [1.54, 1.807) is 0 Å². The van der Waals surface area contributed by atoms with E-state index in [1.165, 1.54) is 18.6 Å². The second kappa shape index (κ2) is 6.23. The molecule has 0 aliphatic rings. The molecule has 9 nitrogen and oxygen atoms in total. The average molecular weight is 258 g/mol. The van der Waals surface area contributed by atoms with Crippen LogP contribution in [0.3, 0.4) is 0 Å². The molecule has 0 bridgehead atoms. The highest BCUT2D eigenvalue weighted by atomic mass is 32.3. The van der Waals surface area contributed by atoms with E-state index in [0.717, 1.165) is 0 Å². The van der Waals surface area contributed by atoms with Gasteiger partial charge >= 0.3 is 21.4 Å². The topological polar surface area (TPSA) is 144 Å². The molecule has 0 saturated carbocycles. The number of hydrogen-bond acceptors (Lipinski definition) is 7. The maximum absolute atomic E-state index is 9.92. The highest BCUT2D eigenvalue weighted by Gasteiger charge is 1.91. The summed E-state index contributed by atoms with van der Waals surface area (Å²) in [4.78, 5) is 7.13. The van der Waals surface area contributed by atoms with Crippen LogP contribution in [0.5, 0.6) is 5.88 Å². The largest absolute Gasteiger partial charge is 0.394 e. The van der Waals surface area contributed by atoms with Gasteiger partial charge in [-0.1, -0.05) is 0 Å². The zero-order valence-corrected chi connectivity index (χ0v) is 8.63. The van der Waals surface area contributed by atoms with Gasteiger partial charge in [-0.15, -0.1) is 0 Å². The van der Waals surface area contributed by atoms with E-state index in [2.05, 4.69) is 14.2 Å². The van der Waals surface area contributed by atoms with Crippen molar-refractivity contribution in [2.75, 3.05) is 0 Å². The van der Waals surface area contributed by atoms with Gasteiger partial charge in [0.1, 0.15) is 0 Å². The minimum absolute atomic E-state index is 0.0152. The molecule has 0 fully saturated rings. The van der Waals surface area contributed by atoms with Crippen molar-refractivity contribution in [3.8, 4) is 5.88 Å². The maximum atomic E-state index is 9.92. The van der Waals surface area contributed by atoms with Crippen LogP contribution in [0.25, 0.3) is 0 Å². The summed E-state index contributed by atoms with van der Waals surface area (Å²) < 4.78 is 55.6. The molecule has 0 saturated heterocycles. The van der Waals surface area contributed by atoms with Crippen molar-refractivity contribution < 1.29 is 30.1 Å². The smallest absolute Gasteiger partial charge is 0.362 e. The zero-order chi connectivity index (χ0) is 11.9. The van der Waals surface area contributed by atoms with Crippen LogP contribution in [-0.4, -0.2) is 35.9 Å². The molecule has 0 amide bonds. The van der Waals surface area contributed by atoms with Gasteiger partial charge in [-0.25, -0.2) is 4.98 Å². The summed E-state index contributed by atoms with van der Waals surface area (Å²) in [6.07, 6.45) is 3.98. The molecule has 0 radical (unpaired) electrons. The van der Waals surface area contributed by atoms with Crippen molar-refractivity contribution in [3.05, 3.63) is 18.6 Å². The first kappa shape index (κ1) is 13.7. The Morgan fingerprint density at radius 2 is 1.80 bits per heavy atom. The molecule has 1 heterocycles. The third-order valence-electron chi connectivity index (χ3n) is 0.708. The van der Waals surface area contributed by atoms with Crippen LogP contribution < -0.4 is 4.18 Å². The summed E-state index contributed by atoms with van der Waals surface area (Å²) in [6, 6.07) is 0. The third kappa shape index (κ3) is 12.7. The fraction of sp³-hybridized carbons (Fsp3) is 0. The molecule has 0 aliphatic carbocycles. The Morgan fingerprint density at radius 1 is 1.27 bits per heavy atom. The average Bonchev–Trinajstić information content (AvgIpc) is 2.01. The van der Waals surface area contributed by atoms with Gasteiger partial charge in [-0.05, 0) is 0 Å². The first-order valence-electron chi connectivity index (χ1n) is 3.07. The highest BCUT2D eigenvalue weighted by molar-refractivity contribution is 7.79. The van der Waals surface area contributed by atoms with Gasteiger partial charge in [0, 0.05) is 12.4 Å². The lowest BCUT2D eigenvalue weighted by molar-refractivity contribution is 0.381. The lowest BCUT2D eigenvalue weighted by Gasteiger charge is -1.91. The van der Waals surface area contributed by atoms with Crippen LogP contribution >= 0.6 is 0 Å².